The van der Waals surface area contributed by atoms with Crippen LogP contribution in [0.15, 0.2) is 72.9 Å². The minimum atomic E-state index is -0.797. The largest absolute Gasteiger partial charge is 0.388 e. The smallest absolute Gasteiger partial charge is 0.244 e. The van der Waals surface area contributed by atoms with Crippen molar-refractivity contribution < 1.29 is 9.90 Å². The van der Waals surface area contributed by atoms with Crippen LogP contribution in [0.5, 0.6) is 0 Å². The maximum Gasteiger partial charge on any atom is 0.244 e. The zero-order valence-electron chi connectivity index (χ0n) is 17.9. The highest BCUT2D eigenvalue weighted by molar-refractivity contribution is 5.87. The van der Waals surface area contributed by atoms with Gasteiger partial charge in [-0.05, 0) is 32.6 Å². The molecule has 0 heterocycles. The van der Waals surface area contributed by atoms with Crippen molar-refractivity contribution in [2.75, 3.05) is 6.54 Å². The molecule has 0 aliphatic carbocycles. The molecule has 0 aliphatic heterocycles. The Morgan fingerprint density at radius 2 is 1.50 bits per heavy atom. The summed E-state index contributed by atoms with van der Waals surface area (Å²) >= 11 is 0. The van der Waals surface area contributed by atoms with Gasteiger partial charge in [0.05, 0.1) is 5.60 Å². The number of carbonyl (C=O) groups excluding carboxylic acids is 1. The van der Waals surface area contributed by atoms with Gasteiger partial charge in [0.15, 0.2) is 0 Å². The first-order valence-electron chi connectivity index (χ1n) is 10.5. The van der Waals surface area contributed by atoms with E-state index >= 15 is 0 Å². The maximum absolute atomic E-state index is 11.9. The molecule has 0 fully saturated rings. The van der Waals surface area contributed by atoms with Gasteiger partial charge in [0, 0.05) is 12.6 Å². The van der Waals surface area contributed by atoms with Gasteiger partial charge < -0.3 is 10.4 Å². The van der Waals surface area contributed by atoms with Gasteiger partial charge in [-0.1, -0.05) is 99.9 Å². The van der Waals surface area contributed by atoms with E-state index in [9.17, 15) is 9.90 Å². The molecule has 1 amide bonds. The van der Waals surface area contributed by atoms with Crippen molar-refractivity contribution >= 4 is 5.91 Å². The van der Waals surface area contributed by atoms with Crippen molar-refractivity contribution in [2.24, 2.45) is 0 Å². The minimum absolute atomic E-state index is 0.174. The Kier molecular flexibility index (Phi) is 16.9. The Morgan fingerprint density at radius 3 is 2.07 bits per heavy atom. The second kappa shape index (κ2) is 18.2. The summed E-state index contributed by atoms with van der Waals surface area (Å²) in [4.78, 5) is 11.9. The summed E-state index contributed by atoms with van der Waals surface area (Å²) in [5.41, 5.74) is -0.797. The van der Waals surface area contributed by atoms with Gasteiger partial charge in [-0.3, -0.25) is 4.79 Å². The molecule has 0 aromatic heterocycles. The van der Waals surface area contributed by atoms with Gasteiger partial charge in [0.25, 0.3) is 0 Å². The number of rotatable bonds is 15. The summed E-state index contributed by atoms with van der Waals surface area (Å²) in [5, 5.41) is 13.3. The molecule has 3 nitrogen and oxygen atoms in total. The number of unbranched alkanes of at least 4 members (excludes halogenated alkanes) is 3. The van der Waals surface area contributed by atoms with Crippen molar-refractivity contribution in [3.8, 4) is 0 Å². The average molecular weight is 386 g/mol. The lowest BCUT2D eigenvalue weighted by molar-refractivity contribution is -0.117. The lowest BCUT2D eigenvalue weighted by Crippen LogP contribution is -2.42. The van der Waals surface area contributed by atoms with Crippen LogP contribution in [-0.2, 0) is 4.79 Å². The second-order valence-electron chi connectivity index (χ2n) is 6.84. The van der Waals surface area contributed by atoms with Crippen molar-refractivity contribution in [1.29, 1.82) is 0 Å². The molecule has 2 N–H and O–H groups in total. The van der Waals surface area contributed by atoms with E-state index in [1.165, 1.54) is 6.08 Å². The topological polar surface area (TPSA) is 49.3 Å². The normalized spacial score (nSPS) is 15.1. The molecule has 156 valence electrons. The molecule has 0 aromatic rings. The van der Waals surface area contributed by atoms with E-state index in [-0.39, 0.29) is 5.91 Å². The highest BCUT2D eigenvalue weighted by atomic mass is 16.3. The summed E-state index contributed by atoms with van der Waals surface area (Å²) < 4.78 is 0. The third kappa shape index (κ3) is 16.1. The van der Waals surface area contributed by atoms with Crippen LogP contribution in [-0.4, -0.2) is 23.2 Å². The monoisotopic (exact) mass is 385 g/mol. The highest BCUT2D eigenvalue weighted by Gasteiger charge is 2.24. The first-order valence-corrected chi connectivity index (χ1v) is 10.5. The minimum Gasteiger partial charge on any atom is -0.388 e. The van der Waals surface area contributed by atoms with Crippen LogP contribution < -0.4 is 5.32 Å². The summed E-state index contributed by atoms with van der Waals surface area (Å²) in [5.74, 6) is -0.174. The van der Waals surface area contributed by atoms with Gasteiger partial charge in [0.1, 0.15) is 0 Å². The zero-order valence-corrected chi connectivity index (χ0v) is 17.9. The fourth-order valence-electron chi connectivity index (χ4n) is 2.46. The lowest BCUT2D eigenvalue weighted by atomic mass is 9.93. The number of nitrogens with one attached hydrogen (secondary N) is 1. The molecule has 28 heavy (non-hydrogen) atoms. The Balaban J connectivity index is 4.02. The van der Waals surface area contributed by atoms with Gasteiger partial charge in [0.2, 0.25) is 5.91 Å². The molecule has 0 radical (unpaired) electrons. The SMILES string of the molecule is CC=CC=CC=CCCC=CC=CC=CC(=O)NCC(O)(CC)CCCCC. The van der Waals surface area contributed by atoms with Crippen LogP contribution in [0.1, 0.15) is 65.7 Å². The van der Waals surface area contributed by atoms with E-state index in [0.29, 0.717) is 13.0 Å². The van der Waals surface area contributed by atoms with Crippen LogP contribution in [0.2, 0.25) is 0 Å². The van der Waals surface area contributed by atoms with Crippen molar-refractivity contribution in [3.05, 3.63) is 72.9 Å². The standard InChI is InChI=1S/C25H39NO2/c1-4-7-9-10-11-12-13-14-15-16-17-18-19-21-24(27)26-23-25(28,6-3)22-20-8-5-2/h4,7,9-12,15-19,21,28H,5-6,8,13-14,20,22-23H2,1-3H3,(H,26,27). The van der Waals surface area contributed by atoms with Crippen LogP contribution in [0.25, 0.3) is 0 Å². The highest BCUT2D eigenvalue weighted by Crippen LogP contribution is 2.18. The van der Waals surface area contributed by atoms with Crippen molar-refractivity contribution in [2.45, 2.75) is 71.3 Å². The Labute approximate surface area is 172 Å². The molecule has 0 saturated heterocycles. The predicted octanol–water partition coefficient (Wildman–Crippen LogP) is 5.96. The Hall–Kier alpha value is -2.13. The number of allylic oxidation sites excluding steroid dienone is 11. The summed E-state index contributed by atoms with van der Waals surface area (Å²) in [6, 6.07) is 0. The summed E-state index contributed by atoms with van der Waals surface area (Å²) in [6.45, 7) is 6.40. The van der Waals surface area contributed by atoms with Crippen LogP contribution in [0.4, 0.5) is 0 Å². The van der Waals surface area contributed by atoms with E-state index in [4.69, 9.17) is 0 Å². The fourth-order valence-corrected chi connectivity index (χ4v) is 2.46. The Morgan fingerprint density at radius 1 is 0.893 bits per heavy atom. The van der Waals surface area contributed by atoms with E-state index in [1.807, 2.05) is 56.4 Å². The molecule has 0 saturated carbocycles. The predicted molar refractivity (Wildman–Crippen MR) is 122 cm³/mol. The third-order valence-electron chi connectivity index (χ3n) is 4.37. The van der Waals surface area contributed by atoms with E-state index < -0.39 is 5.60 Å². The lowest BCUT2D eigenvalue weighted by Gasteiger charge is -2.26. The molecule has 0 spiro atoms. The molecular weight excluding hydrogens is 346 g/mol. The van der Waals surface area contributed by atoms with Gasteiger partial charge in [-0.25, -0.2) is 0 Å². The molecule has 0 aromatic carbocycles. The number of carbonyl (C=O) groups is 1. The van der Waals surface area contributed by atoms with Gasteiger partial charge >= 0.3 is 0 Å². The van der Waals surface area contributed by atoms with Crippen LogP contribution in [0, 0.1) is 0 Å². The zero-order chi connectivity index (χ0) is 20.9. The van der Waals surface area contributed by atoms with Crippen LogP contribution >= 0.6 is 0 Å². The fraction of sp³-hybridized carbons (Fsp3) is 0.480. The maximum atomic E-state index is 11.9. The average Bonchev–Trinajstić information content (AvgIpc) is 2.70. The van der Waals surface area contributed by atoms with Gasteiger partial charge in [-0.2, -0.15) is 0 Å². The number of hydrogen-bond acceptors (Lipinski definition) is 2. The molecule has 0 rings (SSSR count). The Bertz CT molecular complexity index is 567. The first kappa shape index (κ1) is 25.9. The summed E-state index contributed by atoms with van der Waals surface area (Å²) in [7, 11) is 0. The van der Waals surface area contributed by atoms with Crippen molar-refractivity contribution in [1.82, 2.24) is 5.32 Å². The van der Waals surface area contributed by atoms with E-state index in [0.717, 1.165) is 38.5 Å². The number of aliphatic hydroxyl groups is 1. The van der Waals surface area contributed by atoms with Gasteiger partial charge in [-0.15, -0.1) is 0 Å². The third-order valence-corrected chi connectivity index (χ3v) is 4.37. The van der Waals surface area contributed by atoms with Crippen LogP contribution in [0.3, 0.4) is 0 Å². The second-order valence-corrected chi connectivity index (χ2v) is 6.84. The molecule has 1 unspecified atom stereocenters. The number of hydrogen-bond donors (Lipinski definition) is 2. The van der Waals surface area contributed by atoms with E-state index in [1.54, 1.807) is 6.08 Å². The molecule has 0 bridgehead atoms. The van der Waals surface area contributed by atoms with Crippen molar-refractivity contribution in [3.63, 3.8) is 0 Å². The number of amides is 1. The quantitative estimate of drug-likeness (QED) is 0.207. The molecular formula is C25H39NO2. The first-order chi connectivity index (χ1) is 13.6. The van der Waals surface area contributed by atoms with E-state index in [2.05, 4.69) is 30.5 Å². The molecule has 1 atom stereocenters. The summed E-state index contributed by atoms with van der Waals surface area (Å²) in [6.07, 6.45) is 29.8. The molecule has 0 aliphatic rings. The molecule has 3 heteroatoms.